The van der Waals surface area contributed by atoms with Gasteiger partial charge in [-0.2, -0.15) is 0 Å². The van der Waals surface area contributed by atoms with E-state index in [9.17, 15) is 14.7 Å². The first-order valence-corrected chi connectivity index (χ1v) is 11.7. The van der Waals surface area contributed by atoms with Gasteiger partial charge in [-0.1, -0.05) is 75.1 Å². The number of carbonyl (C=O) groups is 2. The second-order valence-corrected chi connectivity index (χ2v) is 8.30. The molecule has 0 heterocycles. The summed E-state index contributed by atoms with van der Waals surface area (Å²) in [5, 5.41) is 9.27. The predicted molar refractivity (Wildman–Crippen MR) is 128 cm³/mol. The number of carboxylic acids is 1. The van der Waals surface area contributed by atoms with Crippen LogP contribution in [0, 0.1) is 0 Å². The molecule has 0 spiro atoms. The molecule has 0 aliphatic heterocycles. The van der Waals surface area contributed by atoms with E-state index in [1.54, 1.807) is 6.92 Å². The highest BCUT2D eigenvalue weighted by molar-refractivity contribution is 5.76. The SMILES string of the molecule is CCCCCCCC(=O)N(C)Cc1cccc(-c2ccc(C[C@H](OCC)C(=O)O)cc2)c1. The molecule has 0 bridgehead atoms. The van der Waals surface area contributed by atoms with Gasteiger partial charge in [-0.05, 0) is 41.7 Å². The molecule has 0 radical (unpaired) electrons. The maximum absolute atomic E-state index is 12.4. The third kappa shape index (κ3) is 8.46. The molecule has 5 heteroatoms. The van der Waals surface area contributed by atoms with E-state index in [0.29, 0.717) is 26.0 Å². The van der Waals surface area contributed by atoms with Gasteiger partial charge >= 0.3 is 5.97 Å². The molecule has 32 heavy (non-hydrogen) atoms. The van der Waals surface area contributed by atoms with Gasteiger partial charge in [0.2, 0.25) is 5.91 Å². The predicted octanol–water partition coefficient (Wildman–Crippen LogP) is 5.70. The van der Waals surface area contributed by atoms with Crippen molar-refractivity contribution in [2.24, 2.45) is 0 Å². The molecule has 1 atom stereocenters. The molecule has 174 valence electrons. The minimum absolute atomic E-state index is 0.193. The molecule has 0 aromatic heterocycles. The van der Waals surface area contributed by atoms with Crippen molar-refractivity contribution in [1.29, 1.82) is 0 Å². The molecule has 0 aliphatic carbocycles. The van der Waals surface area contributed by atoms with Gasteiger partial charge in [-0.15, -0.1) is 0 Å². The van der Waals surface area contributed by atoms with Crippen LogP contribution in [0.1, 0.15) is 63.5 Å². The van der Waals surface area contributed by atoms with E-state index in [4.69, 9.17) is 4.74 Å². The van der Waals surface area contributed by atoms with Gasteiger partial charge in [0.05, 0.1) is 0 Å². The van der Waals surface area contributed by atoms with Crippen LogP contribution in [-0.4, -0.2) is 41.6 Å². The second-order valence-electron chi connectivity index (χ2n) is 8.30. The molecule has 0 fully saturated rings. The summed E-state index contributed by atoms with van der Waals surface area (Å²) in [6.45, 7) is 4.95. The standard InChI is InChI=1S/C27H37NO4/c1-4-6-7-8-9-13-26(29)28(3)20-22-11-10-12-24(18-22)23-16-14-21(15-17-23)19-25(27(30)31)32-5-2/h10-12,14-18,25H,4-9,13,19-20H2,1-3H3,(H,30,31)/t25-/m0/s1. The minimum atomic E-state index is -0.941. The van der Waals surface area contributed by atoms with Crippen molar-refractivity contribution in [3.05, 3.63) is 59.7 Å². The zero-order valence-corrected chi connectivity index (χ0v) is 19.7. The van der Waals surface area contributed by atoms with Crippen molar-refractivity contribution in [2.75, 3.05) is 13.7 Å². The first-order valence-electron chi connectivity index (χ1n) is 11.7. The van der Waals surface area contributed by atoms with Crippen LogP contribution in [0.25, 0.3) is 11.1 Å². The summed E-state index contributed by atoms with van der Waals surface area (Å²) in [7, 11) is 1.87. The molecule has 2 aromatic carbocycles. The van der Waals surface area contributed by atoms with Gasteiger partial charge in [0.25, 0.3) is 0 Å². The lowest BCUT2D eigenvalue weighted by atomic mass is 9.99. The van der Waals surface area contributed by atoms with Crippen molar-refractivity contribution < 1.29 is 19.4 Å². The Morgan fingerprint density at radius 3 is 2.31 bits per heavy atom. The highest BCUT2D eigenvalue weighted by Crippen LogP contribution is 2.22. The Kier molecular flexibility index (Phi) is 10.9. The summed E-state index contributed by atoms with van der Waals surface area (Å²) >= 11 is 0. The van der Waals surface area contributed by atoms with Crippen LogP contribution in [0.5, 0.6) is 0 Å². The highest BCUT2D eigenvalue weighted by Gasteiger charge is 2.18. The summed E-state index contributed by atoms with van der Waals surface area (Å²) in [4.78, 5) is 25.5. The van der Waals surface area contributed by atoms with Crippen molar-refractivity contribution in [3.8, 4) is 11.1 Å². The van der Waals surface area contributed by atoms with E-state index in [1.807, 2.05) is 54.4 Å². The van der Waals surface area contributed by atoms with Crippen molar-refractivity contribution in [2.45, 2.75) is 71.4 Å². The van der Waals surface area contributed by atoms with Crippen LogP contribution in [0.4, 0.5) is 0 Å². The largest absolute Gasteiger partial charge is 0.479 e. The minimum Gasteiger partial charge on any atom is -0.479 e. The number of hydrogen-bond donors (Lipinski definition) is 1. The Labute approximate surface area is 192 Å². The fourth-order valence-electron chi connectivity index (χ4n) is 3.75. The van der Waals surface area contributed by atoms with Crippen LogP contribution < -0.4 is 0 Å². The molecule has 1 N–H and O–H groups in total. The van der Waals surface area contributed by atoms with Gasteiger partial charge in [-0.3, -0.25) is 4.79 Å². The lowest BCUT2D eigenvalue weighted by Crippen LogP contribution is -2.26. The summed E-state index contributed by atoms with van der Waals surface area (Å²) in [5.74, 6) is -0.748. The summed E-state index contributed by atoms with van der Waals surface area (Å²) in [5.41, 5.74) is 4.16. The third-order valence-corrected chi connectivity index (χ3v) is 5.62. The maximum atomic E-state index is 12.4. The average Bonchev–Trinajstić information content (AvgIpc) is 2.79. The highest BCUT2D eigenvalue weighted by atomic mass is 16.5. The van der Waals surface area contributed by atoms with Gasteiger partial charge in [0, 0.05) is 33.0 Å². The third-order valence-electron chi connectivity index (χ3n) is 5.62. The van der Waals surface area contributed by atoms with Gasteiger partial charge in [0.15, 0.2) is 6.10 Å². The number of carboxylic acid groups (broad SMARTS) is 1. The Balaban J connectivity index is 1.95. The van der Waals surface area contributed by atoms with Gasteiger partial charge in [-0.25, -0.2) is 4.79 Å². The normalized spacial score (nSPS) is 11.8. The van der Waals surface area contributed by atoms with Crippen molar-refractivity contribution in [1.82, 2.24) is 4.90 Å². The number of hydrogen-bond acceptors (Lipinski definition) is 3. The second kappa shape index (κ2) is 13.7. The quantitative estimate of drug-likeness (QED) is 0.383. The number of benzene rings is 2. The number of carbonyl (C=O) groups excluding carboxylic acids is 1. The average molecular weight is 440 g/mol. The zero-order valence-electron chi connectivity index (χ0n) is 19.7. The lowest BCUT2D eigenvalue weighted by molar-refractivity contribution is -0.150. The molecule has 0 saturated heterocycles. The van der Waals surface area contributed by atoms with Gasteiger partial charge in [0.1, 0.15) is 0 Å². The lowest BCUT2D eigenvalue weighted by Gasteiger charge is -2.18. The first-order chi connectivity index (χ1) is 15.4. The number of nitrogens with zero attached hydrogens (tertiary/aromatic N) is 1. The summed E-state index contributed by atoms with van der Waals surface area (Å²) in [6.07, 6.45) is 5.87. The van der Waals surface area contributed by atoms with Crippen molar-refractivity contribution >= 4 is 11.9 Å². The Morgan fingerprint density at radius 1 is 0.938 bits per heavy atom. The monoisotopic (exact) mass is 439 g/mol. The number of rotatable bonds is 14. The summed E-state index contributed by atoms with van der Waals surface area (Å²) < 4.78 is 5.30. The molecule has 1 amide bonds. The van der Waals surface area contributed by atoms with Crippen LogP contribution in [-0.2, 0) is 27.3 Å². The van der Waals surface area contributed by atoms with Crippen LogP contribution in [0.2, 0.25) is 0 Å². The van der Waals surface area contributed by atoms with E-state index in [2.05, 4.69) is 13.0 Å². The molecule has 5 nitrogen and oxygen atoms in total. The van der Waals surface area contributed by atoms with E-state index in [1.165, 1.54) is 19.3 Å². The number of unbranched alkanes of at least 4 members (excludes halogenated alkanes) is 4. The van der Waals surface area contributed by atoms with Gasteiger partial charge < -0.3 is 14.7 Å². The summed E-state index contributed by atoms with van der Waals surface area (Å²) in [6, 6.07) is 16.1. The fourth-order valence-corrected chi connectivity index (χ4v) is 3.75. The van der Waals surface area contributed by atoms with Crippen LogP contribution in [0.15, 0.2) is 48.5 Å². The molecular formula is C27H37NO4. The van der Waals surface area contributed by atoms with E-state index >= 15 is 0 Å². The molecule has 0 unspecified atom stereocenters. The van der Waals surface area contributed by atoms with E-state index in [-0.39, 0.29) is 5.91 Å². The smallest absolute Gasteiger partial charge is 0.333 e. The molecule has 2 rings (SSSR count). The molecule has 2 aromatic rings. The Hall–Kier alpha value is -2.66. The number of ether oxygens (including phenoxy) is 1. The number of amides is 1. The first kappa shape index (κ1) is 25.6. The van der Waals surface area contributed by atoms with Crippen LogP contribution >= 0.6 is 0 Å². The molecule has 0 saturated carbocycles. The van der Waals surface area contributed by atoms with E-state index in [0.717, 1.165) is 35.1 Å². The van der Waals surface area contributed by atoms with Crippen molar-refractivity contribution in [3.63, 3.8) is 0 Å². The molecule has 0 aliphatic rings. The Bertz CT molecular complexity index is 847. The zero-order chi connectivity index (χ0) is 23.3. The number of aliphatic carboxylic acids is 1. The van der Waals surface area contributed by atoms with Crippen LogP contribution in [0.3, 0.4) is 0 Å². The van der Waals surface area contributed by atoms with E-state index < -0.39 is 12.1 Å². The topological polar surface area (TPSA) is 66.8 Å². The fraction of sp³-hybridized carbons (Fsp3) is 0.481. The Morgan fingerprint density at radius 2 is 1.66 bits per heavy atom. The molecular weight excluding hydrogens is 402 g/mol. The maximum Gasteiger partial charge on any atom is 0.333 e.